The van der Waals surface area contributed by atoms with E-state index in [-0.39, 0.29) is 11.4 Å². The minimum Gasteiger partial charge on any atom is -0.370 e. The highest BCUT2D eigenvalue weighted by Gasteiger charge is 2.37. The molecule has 0 spiro atoms. The standard InChI is InChI=1S/C14H18O2S/c1-10-12(8-9-13(10)15)14(16-2)17-11-6-4-3-5-7-11/h3-7,10,12,14H,8-9H2,1-2H3. The number of hydrogen-bond acceptors (Lipinski definition) is 3. The number of thioether (sulfide) groups is 1. The van der Waals surface area contributed by atoms with Crippen LogP contribution in [0.1, 0.15) is 19.8 Å². The van der Waals surface area contributed by atoms with Crippen LogP contribution in [0.15, 0.2) is 35.2 Å². The number of hydrogen-bond donors (Lipinski definition) is 0. The second-order valence-corrected chi connectivity index (χ2v) is 5.66. The molecule has 92 valence electrons. The molecule has 3 atom stereocenters. The molecule has 0 aromatic heterocycles. The molecule has 1 fully saturated rings. The first-order chi connectivity index (χ1) is 8.22. The van der Waals surface area contributed by atoms with Crippen LogP contribution in [0.3, 0.4) is 0 Å². The molecule has 1 aromatic rings. The SMILES string of the molecule is COC(Sc1ccccc1)C1CCC(=O)C1C. The Kier molecular flexibility index (Phi) is 4.24. The number of ether oxygens (including phenoxy) is 1. The Bertz CT molecular complexity index is 377. The van der Waals surface area contributed by atoms with Crippen molar-refractivity contribution in [3.05, 3.63) is 30.3 Å². The summed E-state index contributed by atoms with van der Waals surface area (Å²) in [5.41, 5.74) is 0.0823. The topological polar surface area (TPSA) is 26.3 Å². The van der Waals surface area contributed by atoms with E-state index in [0.717, 1.165) is 6.42 Å². The Hall–Kier alpha value is -0.800. The third kappa shape index (κ3) is 2.90. The molecule has 3 heteroatoms. The summed E-state index contributed by atoms with van der Waals surface area (Å²) in [5, 5.41) is 0. The molecule has 1 aromatic carbocycles. The molecule has 1 aliphatic rings. The Morgan fingerprint density at radius 3 is 2.59 bits per heavy atom. The van der Waals surface area contributed by atoms with Crippen molar-refractivity contribution in [2.75, 3.05) is 7.11 Å². The predicted octanol–water partition coefficient (Wildman–Crippen LogP) is 3.37. The minimum absolute atomic E-state index is 0.0823. The van der Waals surface area contributed by atoms with E-state index in [0.29, 0.717) is 18.1 Å². The fourth-order valence-corrected chi connectivity index (χ4v) is 3.57. The summed E-state index contributed by atoms with van der Waals surface area (Å²) in [7, 11) is 1.73. The number of benzene rings is 1. The first-order valence-corrected chi connectivity index (χ1v) is 6.87. The molecule has 0 saturated heterocycles. The highest BCUT2D eigenvalue weighted by molar-refractivity contribution is 7.99. The van der Waals surface area contributed by atoms with Crippen molar-refractivity contribution in [3.63, 3.8) is 0 Å². The van der Waals surface area contributed by atoms with Crippen LogP contribution in [0, 0.1) is 11.8 Å². The van der Waals surface area contributed by atoms with E-state index < -0.39 is 0 Å². The molecule has 17 heavy (non-hydrogen) atoms. The number of carbonyl (C=O) groups excluding carboxylic acids is 1. The number of methoxy groups -OCH3 is 1. The molecule has 1 saturated carbocycles. The zero-order chi connectivity index (χ0) is 12.3. The maximum atomic E-state index is 11.6. The molecule has 3 unspecified atom stereocenters. The summed E-state index contributed by atoms with van der Waals surface area (Å²) in [6.45, 7) is 2.03. The minimum atomic E-state index is 0.0823. The van der Waals surface area contributed by atoms with Gasteiger partial charge in [0, 0.05) is 30.3 Å². The predicted molar refractivity (Wildman–Crippen MR) is 70.0 cm³/mol. The van der Waals surface area contributed by atoms with Crippen molar-refractivity contribution >= 4 is 17.5 Å². The first-order valence-electron chi connectivity index (χ1n) is 5.99. The van der Waals surface area contributed by atoms with Gasteiger partial charge in [-0.25, -0.2) is 0 Å². The van der Waals surface area contributed by atoms with E-state index in [1.807, 2.05) is 25.1 Å². The van der Waals surface area contributed by atoms with E-state index in [4.69, 9.17) is 4.74 Å². The van der Waals surface area contributed by atoms with Gasteiger partial charge in [-0.3, -0.25) is 4.79 Å². The van der Waals surface area contributed by atoms with E-state index in [2.05, 4.69) is 12.1 Å². The monoisotopic (exact) mass is 250 g/mol. The number of rotatable bonds is 4. The number of ketones is 1. The van der Waals surface area contributed by atoms with Crippen molar-refractivity contribution in [1.29, 1.82) is 0 Å². The number of Topliss-reactive ketones (excluding diaryl/α,β-unsaturated/α-hetero) is 1. The Labute approximate surface area is 107 Å². The molecule has 0 radical (unpaired) electrons. The largest absolute Gasteiger partial charge is 0.370 e. The lowest BCUT2D eigenvalue weighted by Gasteiger charge is -2.24. The zero-order valence-electron chi connectivity index (χ0n) is 10.3. The fourth-order valence-electron chi connectivity index (χ4n) is 2.34. The third-order valence-electron chi connectivity index (χ3n) is 3.45. The van der Waals surface area contributed by atoms with Crippen molar-refractivity contribution in [2.45, 2.75) is 30.1 Å². The van der Waals surface area contributed by atoms with Gasteiger partial charge in [-0.2, -0.15) is 0 Å². The van der Waals surface area contributed by atoms with Crippen LogP contribution in [0.5, 0.6) is 0 Å². The summed E-state index contributed by atoms with van der Waals surface area (Å²) >= 11 is 1.72. The van der Waals surface area contributed by atoms with Gasteiger partial charge >= 0.3 is 0 Å². The molecule has 0 aliphatic heterocycles. The van der Waals surface area contributed by atoms with E-state index in [9.17, 15) is 4.79 Å². The van der Waals surface area contributed by atoms with Gasteiger partial charge in [-0.15, -0.1) is 0 Å². The van der Waals surface area contributed by atoms with Gasteiger partial charge in [-0.05, 0) is 18.6 Å². The maximum absolute atomic E-state index is 11.6. The van der Waals surface area contributed by atoms with Gasteiger partial charge in [0.2, 0.25) is 0 Å². The van der Waals surface area contributed by atoms with Gasteiger partial charge in [0.05, 0.1) is 0 Å². The summed E-state index contributed by atoms with van der Waals surface area (Å²) in [5.74, 6) is 0.861. The van der Waals surface area contributed by atoms with Crippen LogP contribution in [-0.2, 0) is 9.53 Å². The first kappa shape index (κ1) is 12.7. The summed E-state index contributed by atoms with van der Waals surface area (Å²) in [4.78, 5) is 12.8. The average molecular weight is 250 g/mol. The Morgan fingerprint density at radius 1 is 1.35 bits per heavy atom. The lowest BCUT2D eigenvalue weighted by molar-refractivity contribution is -0.121. The molecule has 1 aliphatic carbocycles. The lowest BCUT2D eigenvalue weighted by Crippen LogP contribution is -2.23. The summed E-state index contributed by atoms with van der Waals surface area (Å²) in [6.07, 6.45) is 1.67. The van der Waals surface area contributed by atoms with Crippen LogP contribution < -0.4 is 0 Å². The molecule has 0 bridgehead atoms. The molecule has 0 heterocycles. The second kappa shape index (κ2) is 5.69. The normalized spacial score (nSPS) is 26.1. The van der Waals surface area contributed by atoms with Crippen LogP contribution in [0.4, 0.5) is 0 Å². The quantitative estimate of drug-likeness (QED) is 0.605. The average Bonchev–Trinajstić information content (AvgIpc) is 2.69. The molecule has 0 amide bonds. The van der Waals surface area contributed by atoms with Gasteiger partial charge in [-0.1, -0.05) is 36.9 Å². The molecule has 2 rings (SSSR count). The molecular weight excluding hydrogens is 232 g/mol. The van der Waals surface area contributed by atoms with E-state index >= 15 is 0 Å². The van der Waals surface area contributed by atoms with Crippen molar-refractivity contribution in [2.24, 2.45) is 11.8 Å². The zero-order valence-corrected chi connectivity index (χ0v) is 11.1. The lowest BCUT2D eigenvalue weighted by atomic mass is 9.98. The maximum Gasteiger partial charge on any atom is 0.136 e. The van der Waals surface area contributed by atoms with Crippen LogP contribution >= 0.6 is 11.8 Å². The molecule has 2 nitrogen and oxygen atoms in total. The fraction of sp³-hybridized carbons (Fsp3) is 0.500. The Balaban J connectivity index is 2.05. The highest BCUT2D eigenvalue weighted by atomic mass is 32.2. The van der Waals surface area contributed by atoms with Gasteiger partial charge < -0.3 is 4.74 Å². The van der Waals surface area contributed by atoms with Crippen molar-refractivity contribution in [1.82, 2.24) is 0 Å². The van der Waals surface area contributed by atoms with Gasteiger partial charge in [0.25, 0.3) is 0 Å². The van der Waals surface area contributed by atoms with E-state index in [1.54, 1.807) is 18.9 Å². The van der Waals surface area contributed by atoms with Gasteiger partial charge in [0.15, 0.2) is 0 Å². The van der Waals surface area contributed by atoms with Crippen LogP contribution in [0.2, 0.25) is 0 Å². The second-order valence-electron chi connectivity index (χ2n) is 4.49. The Morgan fingerprint density at radius 2 is 2.06 bits per heavy atom. The van der Waals surface area contributed by atoms with Crippen molar-refractivity contribution in [3.8, 4) is 0 Å². The number of carbonyl (C=O) groups is 1. The highest BCUT2D eigenvalue weighted by Crippen LogP contribution is 2.39. The molecular formula is C14H18O2S. The van der Waals surface area contributed by atoms with Crippen LogP contribution in [0.25, 0.3) is 0 Å². The smallest absolute Gasteiger partial charge is 0.136 e. The summed E-state index contributed by atoms with van der Waals surface area (Å²) in [6, 6.07) is 10.2. The van der Waals surface area contributed by atoms with Crippen molar-refractivity contribution < 1.29 is 9.53 Å². The third-order valence-corrected chi connectivity index (χ3v) is 4.77. The van der Waals surface area contributed by atoms with E-state index in [1.165, 1.54) is 4.90 Å². The summed E-state index contributed by atoms with van der Waals surface area (Å²) < 4.78 is 5.57. The van der Waals surface area contributed by atoms with Crippen LogP contribution in [-0.4, -0.2) is 18.3 Å². The molecule has 0 N–H and O–H groups in total. The van der Waals surface area contributed by atoms with Gasteiger partial charge in [0.1, 0.15) is 11.2 Å².